The number of hydrogen-bond acceptors (Lipinski definition) is 2. The number of aliphatic carboxylic acids is 1. The molecule has 0 heterocycles. The lowest BCUT2D eigenvalue weighted by molar-refractivity contribution is -0.137. The van der Waals surface area contributed by atoms with Crippen molar-refractivity contribution in [2.45, 2.75) is 25.7 Å². The fraction of sp³-hybridized carbons (Fsp3) is 0.467. The number of nitrogens with one attached hydrogen (secondary N) is 1. The van der Waals surface area contributed by atoms with E-state index in [2.05, 4.69) is 5.32 Å². The minimum absolute atomic E-state index is 0.0832. The Labute approximate surface area is 140 Å². The number of carboxylic acid groups (broad SMARTS) is 1. The molecule has 1 rings (SSSR count). The Morgan fingerprint density at radius 2 is 1.91 bits per heavy atom. The molecule has 0 radical (unpaired) electrons. The van der Waals surface area contributed by atoms with Gasteiger partial charge in [0, 0.05) is 25.6 Å². The van der Waals surface area contributed by atoms with Crippen molar-refractivity contribution in [2.75, 3.05) is 20.1 Å². The number of carbonyl (C=O) groups excluding carboxylic acids is 1. The van der Waals surface area contributed by atoms with Crippen molar-refractivity contribution in [3.63, 3.8) is 0 Å². The monoisotopic (exact) mass is 346 g/mol. The maximum atomic E-state index is 11.9. The van der Waals surface area contributed by atoms with Crippen LogP contribution in [-0.4, -0.2) is 42.1 Å². The Hall–Kier alpha value is -1.46. The Morgan fingerprint density at radius 1 is 1.27 bits per heavy atom. The summed E-state index contributed by atoms with van der Waals surface area (Å²) in [5.41, 5.74) is 0.618. The van der Waals surface area contributed by atoms with Crippen molar-refractivity contribution >= 4 is 35.2 Å². The van der Waals surface area contributed by atoms with Gasteiger partial charge in [0.2, 0.25) is 0 Å². The van der Waals surface area contributed by atoms with E-state index in [0.717, 1.165) is 5.56 Å². The van der Waals surface area contributed by atoms with Gasteiger partial charge in [0.25, 0.3) is 0 Å². The molecule has 1 aromatic carbocycles. The zero-order valence-corrected chi connectivity index (χ0v) is 14.3. The minimum Gasteiger partial charge on any atom is -0.481 e. The van der Waals surface area contributed by atoms with Gasteiger partial charge in [0.15, 0.2) is 0 Å². The van der Waals surface area contributed by atoms with Gasteiger partial charge in [-0.2, -0.15) is 0 Å². The van der Waals surface area contributed by atoms with Crippen LogP contribution in [0.25, 0.3) is 0 Å². The molecule has 0 bridgehead atoms. The highest BCUT2D eigenvalue weighted by Crippen LogP contribution is 2.29. The number of amides is 2. The molecular weight excluding hydrogens is 327 g/mol. The topological polar surface area (TPSA) is 69.6 Å². The van der Waals surface area contributed by atoms with Crippen LogP contribution in [0.5, 0.6) is 0 Å². The van der Waals surface area contributed by atoms with E-state index in [0.29, 0.717) is 16.6 Å². The summed E-state index contributed by atoms with van der Waals surface area (Å²) in [6.07, 6.45) is -0.0832. The van der Waals surface area contributed by atoms with Crippen LogP contribution in [0.2, 0.25) is 10.0 Å². The Morgan fingerprint density at radius 3 is 2.45 bits per heavy atom. The minimum atomic E-state index is -0.934. The van der Waals surface area contributed by atoms with Crippen molar-refractivity contribution in [1.29, 1.82) is 0 Å². The van der Waals surface area contributed by atoms with Crippen LogP contribution in [0.15, 0.2) is 18.2 Å². The van der Waals surface area contributed by atoms with Gasteiger partial charge < -0.3 is 15.3 Å². The number of rotatable bonds is 6. The molecule has 2 N–H and O–H groups in total. The second kappa shape index (κ2) is 7.70. The fourth-order valence-corrected chi connectivity index (χ4v) is 2.11. The largest absolute Gasteiger partial charge is 0.481 e. The zero-order chi connectivity index (χ0) is 16.9. The van der Waals surface area contributed by atoms with Crippen LogP contribution in [0, 0.1) is 0 Å². The SMILES string of the molecule is CN(CCC(=O)O)C(=O)NCC(C)(C)c1ccc(Cl)c(Cl)c1. The number of nitrogens with zero attached hydrogens (tertiary/aromatic N) is 1. The summed E-state index contributed by atoms with van der Waals surface area (Å²) in [4.78, 5) is 23.8. The highest BCUT2D eigenvalue weighted by molar-refractivity contribution is 6.42. The summed E-state index contributed by atoms with van der Waals surface area (Å²) in [7, 11) is 1.56. The van der Waals surface area contributed by atoms with Crippen molar-refractivity contribution in [3.05, 3.63) is 33.8 Å². The first-order valence-corrected chi connectivity index (χ1v) is 7.55. The Kier molecular flexibility index (Phi) is 6.50. The first-order chi connectivity index (χ1) is 10.1. The van der Waals surface area contributed by atoms with E-state index >= 15 is 0 Å². The molecule has 22 heavy (non-hydrogen) atoms. The molecule has 0 aliphatic carbocycles. The molecule has 0 aliphatic heterocycles. The van der Waals surface area contributed by atoms with Crippen molar-refractivity contribution < 1.29 is 14.7 Å². The van der Waals surface area contributed by atoms with Gasteiger partial charge in [-0.15, -0.1) is 0 Å². The molecule has 0 unspecified atom stereocenters. The van der Waals surface area contributed by atoms with Gasteiger partial charge in [0.1, 0.15) is 0 Å². The first kappa shape index (κ1) is 18.6. The number of urea groups is 1. The lowest BCUT2D eigenvalue weighted by atomic mass is 9.84. The van der Waals surface area contributed by atoms with Gasteiger partial charge >= 0.3 is 12.0 Å². The molecular formula is C15H20Cl2N2O3. The van der Waals surface area contributed by atoms with E-state index in [1.165, 1.54) is 4.90 Å². The molecule has 0 saturated carbocycles. The highest BCUT2D eigenvalue weighted by Gasteiger charge is 2.23. The standard InChI is InChI=1S/C15H20Cl2N2O3/c1-15(2,10-4-5-11(16)12(17)8-10)9-18-14(22)19(3)7-6-13(20)21/h4-5,8H,6-7,9H2,1-3H3,(H,18,22)(H,20,21). The highest BCUT2D eigenvalue weighted by atomic mass is 35.5. The third kappa shape index (κ3) is 5.39. The quantitative estimate of drug-likeness (QED) is 0.829. The normalized spacial score (nSPS) is 11.1. The predicted octanol–water partition coefficient (Wildman–Crippen LogP) is 3.39. The van der Waals surface area contributed by atoms with Crippen molar-refractivity contribution in [1.82, 2.24) is 10.2 Å². The lowest BCUT2D eigenvalue weighted by Gasteiger charge is -2.27. The van der Waals surface area contributed by atoms with Crippen molar-refractivity contribution in [3.8, 4) is 0 Å². The average molecular weight is 347 g/mol. The predicted molar refractivity (Wildman–Crippen MR) is 87.8 cm³/mol. The molecule has 0 aliphatic rings. The molecule has 0 atom stereocenters. The van der Waals surface area contributed by atoms with Gasteiger partial charge in [0.05, 0.1) is 16.5 Å². The van der Waals surface area contributed by atoms with Crippen LogP contribution in [0.1, 0.15) is 25.8 Å². The van der Waals surface area contributed by atoms with E-state index in [1.54, 1.807) is 19.2 Å². The molecule has 122 valence electrons. The van der Waals surface area contributed by atoms with Gasteiger partial charge in [-0.05, 0) is 17.7 Å². The van der Waals surface area contributed by atoms with E-state index < -0.39 is 5.97 Å². The van der Waals surface area contributed by atoms with Gasteiger partial charge in [-0.3, -0.25) is 4.79 Å². The molecule has 5 nitrogen and oxygen atoms in total. The fourth-order valence-electron chi connectivity index (χ4n) is 1.82. The van der Waals surface area contributed by atoms with Gasteiger partial charge in [-0.1, -0.05) is 43.1 Å². The van der Waals surface area contributed by atoms with E-state index in [-0.39, 0.29) is 24.4 Å². The average Bonchev–Trinajstić information content (AvgIpc) is 2.44. The van der Waals surface area contributed by atoms with Crippen molar-refractivity contribution in [2.24, 2.45) is 0 Å². The number of halogens is 2. The summed E-state index contributed by atoms with van der Waals surface area (Å²) in [5.74, 6) is -0.934. The van der Waals surface area contributed by atoms with Crippen LogP contribution >= 0.6 is 23.2 Å². The Balaban J connectivity index is 2.62. The molecule has 0 spiro atoms. The summed E-state index contributed by atoms with van der Waals surface area (Å²) < 4.78 is 0. The van der Waals surface area contributed by atoms with E-state index in [9.17, 15) is 9.59 Å². The molecule has 0 aromatic heterocycles. The second-order valence-corrected chi connectivity index (χ2v) is 6.55. The number of carbonyl (C=O) groups is 2. The Bertz CT molecular complexity index is 562. The molecule has 7 heteroatoms. The third-order valence-electron chi connectivity index (χ3n) is 3.39. The van der Waals surface area contributed by atoms with Crippen LogP contribution < -0.4 is 5.32 Å². The zero-order valence-electron chi connectivity index (χ0n) is 12.8. The lowest BCUT2D eigenvalue weighted by Crippen LogP contribution is -2.43. The molecule has 0 fully saturated rings. The van der Waals surface area contributed by atoms with Crippen LogP contribution in [-0.2, 0) is 10.2 Å². The third-order valence-corrected chi connectivity index (χ3v) is 4.13. The van der Waals surface area contributed by atoms with Crippen LogP contribution in [0.3, 0.4) is 0 Å². The van der Waals surface area contributed by atoms with Crippen LogP contribution in [0.4, 0.5) is 4.79 Å². The molecule has 0 saturated heterocycles. The maximum absolute atomic E-state index is 11.9. The summed E-state index contributed by atoms with van der Waals surface area (Å²) >= 11 is 11.9. The summed E-state index contributed by atoms with van der Waals surface area (Å²) in [6.45, 7) is 4.50. The number of benzene rings is 1. The number of carboxylic acids is 1. The van der Waals surface area contributed by atoms with E-state index in [4.69, 9.17) is 28.3 Å². The molecule has 1 aromatic rings. The van der Waals surface area contributed by atoms with E-state index in [1.807, 2.05) is 19.9 Å². The maximum Gasteiger partial charge on any atom is 0.317 e. The van der Waals surface area contributed by atoms with Gasteiger partial charge in [-0.25, -0.2) is 4.79 Å². The smallest absolute Gasteiger partial charge is 0.317 e. The summed E-state index contributed by atoms with van der Waals surface area (Å²) in [6, 6.07) is 5.06. The number of hydrogen-bond donors (Lipinski definition) is 2. The second-order valence-electron chi connectivity index (χ2n) is 5.74. The summed E-state index contributed by atoms with van der Waals surface area (Å²) in [5, 5.41) is 12.4. The molecule has 2 amide bonds. The first-order valence-electron chi connectivity index (χ1n) is 6.80.